The third kappa shape index (κ3) is 2.99. The van der Waals surface area contributed by atoms with E-state index in [1.807, 2.05) is 17.5 Å². The van der Waals surface area contributed by atoms with Crippen molar-refractivity contribution in [3.05, 3.63) is 51.7 Å². The summed E-state index contributed by atoms with van der Waals surface area (Å²) in [6.45, 7) is 2.12. The van der Waals surface area contributed by atoms with Crippen LogP contribution in [0, 0.1) is 0 Å². The largest absolute Gasteiger partial charge is 0.496 e. The molecule has 0 bridgehead atoms. The highest BCUT2D eigenvalue weighted by molar-refractivity contribution is 7.12. The zero-order valence-corrected chi connectivity index (χ0v) is 11.4. The fraction of sp³-hybridized carbons (Fsp3) is 0.267. The summed E-state index contributed by atoms with van der Waals surface area (Å²) in [6.07, 6.45) is 1.48. The van der Waals surface area contributed by atoms with Gasteiger partial charge in [0, 0.05) is 17.9 Å². The lowest BCUT2D eigenvalue weighted by Crippen LogP contribution is -2.01. The monoisotopic (exact) mass is 260 g/mol. The van der Waals surface area contributed by atoms with Gasteiger partial charge < -0.3 is 4.74 Å². The number of ether oxygens (including phenoxy) is 1. The number of aryl methyl sites for hydroxylation is 1. The lowest BCUT2D eigenvalue weighted by Gasteiger charge is -2.01. The van der Waals surface area contributed by atoms with Crippen LogP contribution in [-0.2, 0) is 12.8 Å². The van der Waals surface area contributed by atoms with E-state index in [1.165, 1.54) is 16.9 Å². The quantitative estimate of drug-likeness (QED) is 0.765. The van der Waals surface area contributed by atoms with Crippen LogP contribution in [0.5, 0.6) is 5.75 Å². The number of ketones is 1. The first kappa shape index (κ1) is 12.8. The molecule has 0 amide bonds. The standard InChI is InChI=1S/C15H16O2S/c1-3-11-4-6-12(7-5-11)8-14(16)15-9-13(17-2)10-18-15/h4-7,9-10H,3,8H2,1-2H3. The van der Waals surface area contributed by atoms with Crippen molar-refractivity contribution in [3.8, 4) is 5.75 Å². The molecule has 0 unspecified atom stereocenters. The van der Waals surface area contributed by atoms with Gasteiger partial charge in [0.25, 0.3) is 0 Å². The Labute approximate surface area is 111 Å². The van der Waals surface area contributed by atoms with Gasteiger partial charge in [0.05, 0.1) is 12.0 Å². The molecular formula is C15H16O2S. The molecule has 0 aliphatic heterocycles. The van der Waals surface area contributed by atoms with Gasteiger partial charge in [-0.2, -0.15) is 0 Å². The number of hydrogen-bond acceptors (Lipinski definition) is 3. The fourth-order valence-electron chi connectivity index (χ4n) is 1.74. The highest BCUT2D eigenvalue weighted by Crippen LogP contribution is 2.22. The first-order chi connectivity index (χ1) is 8.72. The molecule has 2 nitrogen and oxygen atoms in total. The van der Waals surface area contributed by atoms with E-state index in [1.54, 1.807) is 13.2 Å². The maximum Gasteiger partial charge on any atom is 0.177 e. The lowest BCUT2D eigenvalue weighted by molar-refractivity contribution is 0.0996. The molecule has 2 aromatic rings. The van der Waals surface area contributed by atoms with E-state index >= 15 is 0 Å². The van der Waals surface area contributed by atoms with Gasteiger partial charge in [-0.3, -0.25) is 4.79 Å². The molecule has 0 fully saturated rings. The topological polar surface area (TPSA) is 26.3 Å². The van der Waals surface area contributed by atoms with E-state index in [-0.39, 0.29) is 5.78 Å². The summed E-state index contributed by atoms with van der Waals surface area (Å²) in [4.78, 5) is 12.8. The van der Waals surface area contributed by atoms with Crippen LogP contribution in [0.2, 0.25) is 0 Å². The minimum absolute atomic E-state index is 0.146. The van der Waals surface area contributed by atoms with Crippen LogP contribution < -0.4 is 4.74 Å². The Hall–Kier alpha value is -1.61. The summed E-state index contributed by atoms with van der Waals surface area (Å²) < 4.78 is 5.08. The second-order valence-corrected chi connectivity index (χ2v) is 5.03. The van der Waals surface area contributed by atoms with E-state index < -0.39 is 0 Å². The Bertz CT molecular complexity index is 526. The summed E-state index contributed by atoms with van der Waals surface area (Å²) in [6, 6.07) is 10.0. The van der Waals surface area contributed by atoms with Crippen LogP contribution in [-0.4, -0.2) is 12.9 Å². The maximum absolute atomic E-state index is 12.1. The number of methoxy groups -OCH3 is 1. The SMILES string of the molecule is CCc1ccc(CC(=O)c2cc(OC)cs2)cc1. The average molecular weight is 260 g/mol. The van der Waals surface area contributed by atoms with Gasteiger partial charge >= 0.3 is 0 Å². The van der Waals surface area contributed by atoms with Crippen LogP contribution in [0.1, 0.15) is 27.7 Å². The molecule has 1 heterocycles. The minimum Gasteiger partial charge on any atom is -0.496 e. The summed E-state index contributed by atoms with van der Waals surface area (Å²) >= 11 is 1.43. The molecule has 0 atom stereocenters. The van der Waals surface area contributed by atoms with Crippen molar-refractivity contribution >= 4 is 17.1 Å². The average Bonchev–Trinajstić information content (AvgIpc) is 2.88. The second-order valence-electron chi connectivity index (χ2n) is 4.12. The Balaban J connectivity index is 2.06. The van der Waals surface area contributed by atoms with Crippen molar-refractivity contribution in [1.29, 1.82) is 0 Å². The van der Waals surface area contributed by atoms with Gasteiger partial charge in [-0.25, -0.2) is 0 Å². The number of Topliss-reactive ketones (excluding diaryl/α,β-unsaturated/α-hetero) is 1. The van der Waals surface area contributed by atoms with Crippen LogP contribution in [0.3, 0.4) is 0 Å². The third-order valence-corrected chi connectivity index (χ3v) is 3.83. The predicted octanol–water partition coefficient (Wildman–Crippen LogP) is 3.74. The second kappa shape index (κ2) is 5.83. The normalized spacial score (nSPS) is 10.3. The van der Waals surface area contributed by atoms with Crippen molar-refractivity contribution < 1.29 is 9.53 Å². The molecule has 1 aromatic carbocycles. The van der Waals surface area contributed by atoms with Gasteiger partial charge in [0.15, 0.2) is 5.78 Å². The maximum atomic E-state index is 12.1. The molecule has 0 saturated carbocycles. The number of carbonyl (C=O) groups excluding carboxylic acids is 1. The molecule has 2 rings (SSSR count). The van der Waals surface area contributed by atoms with Crippen molar-refractivity contribution in [2.24, 2.45) is 0 Å². The molecule has 0 aliphatic rings. The van der Waals surface area contributed by atoms with Gasteiger partial charge in [-0.05, 0) is 17.5 Å². The molecule has 0 aliphatic carbocycles. The Morgan fingerprint density at radius 1 is 1.22 bits per heavy atom. The first-order valence-corrected chi connectivity index (χ1v) is 6.84. The number of hydrogen-bond donors (Lipinski definition) is 0. The minimum atomic E-state index is 0.146. The van der Waals surface area contributed by atoms with Crippen molar-refractivity contribution in [2.75, 3.05) is 7.11 Å². The smallest absolute Gasteiger partial charge is 0.177 e. The van der Waals surface area contributed by atoms with Crippen molar-refractivity contribution in [3.63, 3.8) is 0 Å². The summed E-state index contributed by atoms with van der Waals surface area (Å²) in [5.41, 5.74) is 2.36. The first-order valence-electron chi connectivity index (χ1n) is 5.96. The zero-order valence-electron chi connectivity index (χ0n) is 10.6. The van der Waals surface area contributed by atoms with Gasteiger partial charge in [-0.15, -0.1) is 11.3 Å². The molecule has 94 valence electrons. The lowest BCUT2D eigenvalue weighted by atomic mass is 10.1. The highest BCUT2D eigenvalue weighted by Gasteiger charge is 2.10. The summed E-state index contributed by atoms with van der Waals surface area (Å²) in [5.74, 6) is 0.900. The van der Waals surface area contributed by atoms with Crippen LogP contribution in [0.15, 0.2) is 35.7 Å². The van der Waals surface area contributed by atoms with E-state index in [4.69, 9.17) is 4.74 Å². The Morgan fingerprint density at radius 3 is 2.44 bits per heavy atom. The number of carbonyl (C=O) groups is 1. The van der Waals surface area contributed by atoms with Crippen molar-refractivity contribution in [2.45, 2.75) is 19.8 Å². The molecule has 18 heavy (non-hydrogen) atoms. The number of benzene rings is 1. The highest BCUT2D eigenvalue weighted by atomic mass is 32.1. The summed E-state index contributed by atoms with van der Waals surface area (Å²) in [5, 5.41) is 1.85. The Kier molecular flexibility index (Phi) is 4.15. The molecule has 3 heteroatoms. The van der Waals surface area contributed by atoms with Crippen LogP contribution in [0.4, 0.5) is 0 Å². The zero-order chi connectivity index (χ0) is 13.0. The van der Waals surface area contributed by atoms with E-state index in [2.05, 4.69) is 19.1 Å². The third-order valence-electron chi connectivity index (χ3n) is 2.88. The van der Waals surface area contributed by atoms with Crippen LogP contribution in [0.25, 0.3) is 0 Å². The number of thiophene rings is 1. The molecule has 0 radical (unpaired) electrons. The Morgan fingerprint density at radius 2 is 1.89 bits per heavy atom. The van der Waals surface area contributed by atoms with E-state index in [0.717, 1.165) is 22.6 Å². The fourth-order valence-corrected chi connectivity index (χ4v) is 2.53. The number of rotatable bonds is 5. The predicted molar refractivity (Wildman–Crippen MR) is 74.7 cm³/mol. The molecular weight excluding hydrogens is 244 g/mol. The van der Waals surface area contributed by atoms with Gasteiger partial charge in [0.2, 0.25) is 0 Å². The van der Waals surface area contributed by atoms with Crippen LogP contribution >= 0.6 is 11.3 Å². The summed E-state index contributed by atoms with van der Waals surface area (Å²) in [7, 11) is 1.61. The van der Waals surface area contributed by atoms with Crippen molar-refractivity contribution in [1.82, 2.24) is 0 Å². The molecule has 0 saturated heterocycles. The molecule has 1 aromatic heterocycles. The molecule has 0 spiro atoms. The molecule has 0 N–H and O–H groups in total. The van der Waals surface area contributed by atoms with E-state index in [9.17, 15) is 4.79 Å². The van der Waals surface area contributed by atoms with Gasteiger partial charge in [-0.1, -0.05) is 31.2 Å². The van der Waals surface area contributed by atoms with E-state index in [0.29, 0.717) is 6.42 Å². The van der Waals surface area contributed by atoms with Gasteiger partial charge in [0.1, 0.15) is 5.75 Å².